The van der Waals surface area contributed by atoms with E-state index in [1.54, 1.807) is 6.92 Å². The van der Waals surface area contributed by atoms with Gasteiger partial charge in [-0.1, -0.05) is 6.58 Å². The van der Waals surface area contributed by atoms with Gasteiger partial charge in [-0.3, -0.25) is 4.55 Å². The van der Waals surface area contributed by atoms with Crippen LogP contribution in [0.2, 0.25) is 0 Å². The molecule has 0 aliphatic heterocycles. The summed E-state index contributed by atoms with van der Waals surface area (Å²) < 4.78 is 69.0. The highest BCUT2D eigenvalue weighted by molar-refractivity contribution is 7.86. The lowest BCUT2D eigenvalue weighted by molar-refractivity contribution is -0.167. The number of ether oxygens (including phenoxy) is 3. The van der Waals surface area contributed by atoms with E-state index >= 15 is 0 Å². The van der Waals surface area contributed by atoms with Crippen LogP contribution in [0.5, 0.6) is 0 Å². The summed E-state index contributed by atoms with van der Waals surface area (Å²) in [7, 11) is -5.62. The second-order valence-electron chi connectivity index (χ2n) is 5.92. The third-order valence-corrected chi connectivity index (χ3v) is 4.43. The van der Waals surface area contributed by atoms with Crippen LogP contribution in [0.1, 0.15) is 32.6 Å². The third-order valence-electron chi connectivity index (χ3n) is 3.56. The van der Waals surface area contributed by atoms with Crippen LogP contribution in [0.4, 0.5) is 8.78 Å². The number of carbonyl (C=O) groups is 2. The van der Waals surface area contributed by atoms with Gasteiger partial charge >= 0.3 is 27.3 Å². The average molecular weight is 386 g/mol. The second-order valence-corrected chi connectivity index (χ2v) is 7.46. The highest BCUT2D eigenvalue weighted by Gasteiger charge is 2.44. The van der Waals surface area contributed by atoms with Gasteiger partial charge < -0.3 is 14.2 Å². The van der Waals surface area contributed by atoms with E-state index in [-0.39, 0.29) is 0 Å². The molecule has 8 nitrogen and oxygen atoms in total. The molecule has 1 fully saturated rings. The van der Waals surface area contributed by atoms with Crippen molar-refractivity contribution in [1.29, 1.82) is 0 Å². The highest BCUT2D eigenvalue weighted by Crippen LogP contribution is 2.32. The SMILES string of the molecule is C=C(COCC(F)(F)S(=O)(=O)O)C(=O)OCC(=O)OC1(C)CCCC1. The Hall–Kier alpha value is -1.59. The van der Waals surface area contributed by atoms with Crippen LogP contribution in [-0.2, 0) is 33.9 Å². The Bertz CT molecular complexity index is 623. The number of halogens is 2. The van der Waals surface area contributed by atoms with E-state index in [0.717, 1.165) is 25.7 Å². The van der Waals surface area contributed by atoms with Gasteiger partial charge in [0.05, 0.1) is 12.2 Å². The van der Waals surface area contributed by atoms with Gasteiger partial charge in [0.2, 0.25) is 0 Å². The monoisotopic (exact) mass is 386 g/mol. The fourth-order valence-electron chi connectivity index (χ4n) is 2.18. The molecule has 1 N–H and O–H groups in total. The molecule has 0 aromatic rings. The molecule has 1 rings (SSSR count). The average Bonchev–Trinajstić information content (AvgIpc) is 2.89. The first-order valence-corrected chi connectivity index (χ1v) is 8.80. The Balaban J connectivity index is 2.32. The zero-order valence-electron chi connectivity index (χ0n) is 13.6. The number of esters is 2. The van der Waals surface area contributed by atoms with Crippen molar-refractivity contribution in [3.05, 3.63) is 12.2 Å². The Morgan fingerprint density at radius 3 is 2.32 bits per heavy atom. The second kappa shape index (κ2) is 8.19. The van der Waals surface area contributed by atoms with Gasteiger partial charge in [0.1, 0.15) is 12.2 Å². The van der Waals surface area contributed by atoms with Crippen LogP contribution >= 0.6 is 0 Å². The first-order chi connectivity index (χ1) is 11.4. The van der Waals surface area contributed by atoms with Crippen LogP contribution in [0, 0.1) is 0 Å². The first kappa shape index (κ1) is 21.5. The fourth-order valence-corrected chi connectivity index (χ4v) is 2.41. The van der Waals surface area contributed by atoms with Gasteiger partial charge in [0.25, 0.3) is 0 Å². The Labute approximate surface area is 143 Å². The van der Waals surface area contributed by atoms with Gasteiger partial charge in [0.15, 0.2) is 6.61 Å². The topological polar surface area (TPSA) is 116 Å². The normalized spacial score (nSPS) is 17.1. The van der Waals surface area contributed by atoms with Crippen LogP contribution in [0.25, 0.3) is 0 Å². The van der Waals surface area contributed by atoms with E-state index in [2.05, 4.69) is 16.1 Å². The lowest BCUT2D eigenvalue weighted by Gasteiger charge is -2.23. The maximum atomic E-state index is 12.9. The minimum absolute atomic E-state index is 0.411. The van der Waals surface area contributed by atoms with Gasteiger partial charge in [-0.05, 0) is 32.6 Å². The third kappa shape index (κ3) is 6.67. The van der Waals surface area contributed by atoms with E-state index in [1.165, 1.54) is 0 Å². The molecular formula is C14H20F2O8S. The number of hydrogen-bond donors (Lipinski definition) is 1. The van der Waals surface area contributed by atoms with E-state index in [0.29, 0.717) is 0 Å². The Kier molecular flexibility index (Phi) is 7.03. The molecule has 0 aromatic carbocycles. The molecule has 1 aliphatic carbocycles. The number of alkyl halides is 2. The predicted octanol–water partition coefficient (Wildman–Crippen LogP) is 1.46. The Morgan fingerprint density at radius 1 is 1.24 bits per heavy atom. The van der Waals surface area contributed by atoms with Crippen molar-refractivity contribution in [2.75, 3.05) is 19.8 Å². The summed E-state index contributed by atoms with van der Waals surface area (Å²) in [6.07, 6.45) is 3.31. The van der Waals surface area contributed by atoms with E-state index in [4.69, 9.17) is 9.29 Å². The van der Waals surface area contributed by atoms with Gasteiger partial charge in [0, 0.05) is 0 Å². The van der Waals surface area contributed by atoms with Crippen molar-refractivity contribution < 1.29 is 45.6 Å². The van der Waals surface area contributed by atoms with Crippen LogP contribution in [0.3, 0.4) is 0 Å². The summed E-state index contributed by atoms with van der Waals surface area (Å²) in [6, 6.07) is 0. The maximum Gasteiger partial charge on any atom is 0.392 e. The quantitative estimate of drug-likeness (QED) is 0.360. The highest BCUT2D eigenvalue weighted by atomic mass is 32.2. The summed E-state index contributed by atoms with van der Waals surface area (Å²) in [4.78, 5) is 23.2. The molecule has 0 aromatic heterocycles. The van der Waals surface area contributed by atoms with E-state index in [9.17, 15) is 26.8 Å². The Morgan fingerprint density at radius 2 is 1.80 bits per heavy atom. The van der Waals surface area contributed by atoms with Gasteiger partial charge in [-0.2, -0.15) is 17.2 Å². The zero-order valence-corrected chi connectivity index (χ0v) is 14.4. The molecule has 1 aliphatic rings. The molecule has 1 saturated carbocycles. The summed E-state index contributed by atoms with van der Waals surface area (Å²) >= 11 is 0. The first-order valence-electron chi connectivity index (χ1n) is 7.36. The van der Waals surface area contributed by atoms with Crippen LogP contribution < -0.4 is 0 Å². The van der Waals surface area contributed by atoms with Crippen LogP contribution in [-0.4, -0.2) is 55.6 Å². The van der Waals surface area contributed by atoms with Gasteiger partial charge in [-0.25, -0.2) is 9.59 Å². The molecule has 0 radical (unpaired) electrons. The van der Waals surface area contributed by atoms with Crippen molar-refractivity contribution in [3.63, 3.8) is 0 Å². The summed E-state index contributed by atoms with van der Waals surface area (Å²) in [5.41, 5.74) is -0.989. The van der Waals surface area contributed by atoms with E-state index in [1.807, 2.05) is 0 Å². The lowest BCUT2D eigenvalue weighted by Crippen LogP contribution is -2.34. The molecule has 0 spiro atoms. The molecule has 0 atom stereocenters. The minimum Gasteiger partial charge on any atom is -0.457 e. The molecule has 0 amide bonds. The molecule has 11 heteroatoms. The molecular weight excluding hydrogens is 366 g/mol. The molecule has 0 unspecified atom stereocenters. The minimum atomic E-state index is -5.62. The summed E-state index contributed by atoms with van der Waals surface area (Å²) in [5.74, 6) is -1.83. The van der Waals surface area contributed by atoms with Crippen molar-refractivity contribution in [1.82, 2.24) is 0 Å². The van der Waals surface area contributed by atoms with Crippen LogP contribution in [0.15, 0.2) is 12.2 Å². The van der Waals surface area contributed by atoms with Crippen molar-refractivity contribution in [2.45, 2.75) is 43.5 Å². The van der Waals surface area contributed by atoms with Crippen molar-refractivity contribution >= 4 is 22.1 Å². The molecule has 0 heterocycles. The van der Waals surface area contributed by atoms with Crippen molar-refractivity contribution in [3.8, 4) is 0 Å². The zero-order chi connectivity index (χ0) is 19.3. The maximum absolute atomic E-state index is 12.9. The molecule has 25 heavy (non-hydrogen) atoms. The van der Waals surface area contributed by atoms with Gasteiger partial charge in [-0.15, -0.1) is 0 Å². The summed E-state index contributed by atoms with van der Waals surface area (Å²) in [5, 5.41) is -4.52. The smallest absolute Gasteiger partial charge is 0.392 e. The number of carbonyl (C=O) groups excluding carboxylic acids is 2. The fraction of sp³-hybridized carbons (Fsp3) is 0.714. The lowest BCUT2D eigenvalue weighted by atomic mass is 10.1. The predicted molar refractivity (Wildman–Crippen MR) is 80.4 cm³/mol. The molecule has 144 valence electrons. The largest absolute Gasteiger partial charge is 0.457 e. The van der Waals surface area contributed by atoms with E-state index < -0.39 is 58.3 Å². The summed E-state index contributed by atoms with van der Waals surface area (Å²) in [6.45, 7) is 1.90. The van der Waals surface area contributed by atoms with Crippen molar-refractivity contribution in [2.24, 2.45) is 0 Å². The standard InChI is InChI=1S/C14H20F2O8S/c1-10(7-22-9-14(15,16)25(19,20)21)12(18)23-8-11(17)24-13(2)5-3-4-6-13/h1,3-9H2,2H3,(H,19,20,21). The molecule has 0 saturated heterocycles. The molecule has 0 bridgehead atoms. The number of rotatable bonds is 9. The number of hydrogen-bond acceptors (Lipinski definition) is 7.